The molecule has 2 aromatic carbocycles. The summed E-state index contributed by atoms with van der Waals surface area (Å²) >= 11 is 0. The van der Waals surface area contributed by atoms with E-state index in [4.69, 9.17) is 4.52 Å². The van der Waals surface area contributed by atoms with Crippen molar-refractivity contribution in [3.63, 3.8) is 0 Å². The fourth-order valence-electron chi connectivity index (χ4n) is 2.52. The van der Waals surface area contributed by atoms with Crippen LogP contribution in [-0.2, 0) is 19.1 Å². The quantitative estimate of drug-likeness (QED) is 0.651. The first-order valence-corrected chi connectivity index (χ1v) is 8.14. The smallest absolute Gasteiger partial charge is 0.338 e. The van der Waals surface area contributed by atoms with Gasteiger partial charge in [-0.15, -0.1) is 0 Å². The lowest BCUT2D eigenvalue weighted by Gasteiger charge is -2.13. The predicted molar refractivity (Wildman–Crippen MR) is 91.2 cm³/mol. The molecule has 7 heteroatoms. The molecule has 0 amide bonds. The van der Waals surface area contributed by atoms with Crippen molar-refractivity contribution in [2.45, 2.75) is 19.1 Å². The number of hydrogen-bond acceptors (Lipinski definition) is 4. The molecule has 0 radical (unpaired) electrons. The molecular weight excluding hydrogens is 343 g/mol. The molecule has 1 aromatic heterocycles. The van der Waals surface area contributed by atoms with Gasteiger partial charge in [0.1, 0.15) is 0 Å². The van der Waals surface area contributed by atoms with Crippen LogP contribution in [0.1, 0.15) is 17.0 Å². The summed E-state index contributed by atoms with van der Waals surface area (Å²) < 4.78 is 43.0. The Kier molecular flexibility index (Phi) is 5.37. The van der Waals surface area contributed by atoms with Crippen LogP contribution in [-0.4, -0.2) is 28.6 Å². The van der Waals surface area contributed by atoms with Crippen LogP contribution < -0.4 is 0 Å². The maximum atomic E-state index is 12.6. The molecule has 0 atom stereocenters. The SMILES string of the molecule is CN(CCc1ccccc1)Cc1nc(-c2ccc(C(F)(F)F)cc2)no1. The summed E-state index contributed by atoms with van der Waals surface area (Å²) in [6.07, 6.45) is -3.46. The summed E-state index contributed by atoms with van der Waals surface area (Å²) in [7, 11) is 1.95. The van der Waals surface area contributed by atoms with Gasteiger partial charge < -0.3 is 4.52 Å². The Morgan fingerprint density at radius 1 is 1.00 bits per heavy atom. The van der Waals surface area contributed by atoms with Crippen LogP contribution in [0.25, 0.3) is 11.4 Å². The molecule has 0 bridgehead atoms. The second-order valence-electron chi connectivity index (χ2n) is 6.06. The van der Waals surface area contributed by atoms with E-state index in [-0.39, 0.29) is 5.82 Å². The Labute approximate surface area is 149 Å². The van der Waals surface area contributed by atoms with E-state index in [1.54, 1.807) is 0 Å². The summed E-state index contributed by atoms with van der Waals surface area (Å²) in [5, 5.41) is 3.86. The van der Waals surface area contributed by atoms with Crippen LogP contribution in [0.15, 0.2) is 59.1 Å². The Bertz CT molecular complexity index is 829. The van der Waals surface area contributed by atoms with E-state index < -0.39 is 11.7 Å². The fourth-order valence-corrected chi connectivity index (χ4v) is 2.52. The summed E-state index contributed by atoms with van der Waals surface area (Å²) in [5.74, 6) is 0.709. The number of rotatable bonds is 6. The molecule has 136 valence electrons. The van der Waals surface area contributed by atoms with Crippen molar-refractivity contribution in [2.75, 3.05) is 13.6 Å². The maximum Gasteiger partial charge on any atom is 0.416 e. The molecule has 0 aliphatic rings. The number of nitrogens with zero attached hydrogens (tertiary/aromatic N) is 3. The Morgan fingerprint density at radius 2 is 1.69 bits per heavy atom. The van der Waals surface area contributed by atoms with Crippen LogP contribution in [0.5, 0.6) is 0 Å². The average Bonchev–Trinajstić information content (AvgIpc) is 3.09. The normalized spacial score (nSPS) is 11.9. The van der Waals surface area contributed by atoms with Crippen molar-refractivity contribution < 1.29 is 17.7 Å². The zero-order valence-corrected chi connectivity index (χ0v) is 14.2. The molecule has 0 unspecified atom stereocenters. The van der Waals surface area contributed by atoms with Gasteiger partial charge in [0.15, 0.2) is 0 Å². The Balaban J connectivity index is 1.59. The summed E-state index contributed by atoms with van der Waals surface area (Å²) in [6.45, 7) is 1.29. The second-order valence-corrected chi connectivity index (χ2v) is 6.06. The van der Waals surface area contributed by atoms with E-state index in [1.807, 2.05) is 25.2 Å². The van der Waals surface area contributed by atoms with E-state index in [9.17, 15) is 13.2 Å². The van der Waals surface area contributed by atoms with Crippen LogP contribution in [0.2, 0.25) is 0 Å². The number of aromatic nitrogens is 2. The minimum atomic E-state index is -4.36. The lowest BCUT2D eigenvalue weighted by atomic mass is 10.1. The summed E-state index contributed by atoms with van der Waals surface area (Å²) in [5.41, 5.74) is 1.03. The molecule has 0 N–H and O–H groups in total. The minimum Gasteiger partial charge on any atom is -0.338 e. The van der Waals surface area contributed by atoms with Gasteiger partial charge in [-0.25, -0.2) is 0 Å². The zero-order valence-electron chi connectivity index (χ0n) is 14.2. The van der Waals surface area contributed by atoms with Crippen molar-refractivity contribution in [3.8, 4) is 11.4 Å². The number of benzene rings is 2. The molecule has 3 aromatic rings. The Morgan fingerprint density at radius 3 is 2.35 bits per heavy atom. The molecule has 1 heterocycles. The first kappa shape index (κ1) is 18.1. The number of halogens is 3. The van der Waals surface area contributed by atoms with Crippen molar-refractivity contribution in [1.29, 1.82) is 0 Å². The molecule has 0 saturated heterocycles. The largest absolute Gasteiger partial charge is 0.416 e. The van der Waals surface area contributed by atoms with E-state index in [2.05, 4.69) is 27.2 Å². The first-order chi connectivity index (χ1) is 12.4. The molecule has 0 aliphatic carbocycles. The third-order valence-corrected chi connectivity index (χ3v) is 3.97. The molecule has 4 nitrogen and oxygen atoms in total. The molecule has 0 fully saturated rings. The molecule has 0 aliphatic heterocycles. The highest BCUT2D eigenvalue weighted by molar-refractivity contribution is 5.54. The van der Waals surface area contributed by atoms with E-state index >= 15 is 0 Å². The van der Waals surface area contributed by atoms with Crippen molar-refractivity contribution in [3.05, 3.63) is 71.6 Å². The van der Waals surface area contributed by atoms with Gasteiger partial charge in [-0.1, -0.05) is 47.6 Å². The van der Waals surface area contributed by atoms with Gasteiger partial charge >= 0.3 is 6.18 Å². The van der Waals surface area contributed by atoms with Crippen LogP contribution in [0.3, 0.4) is 0 Å². The minimum absolute atomic E-state index is 0.283. The molecular formula is C19H18F3N3O. The number of likely N-dealkylation sites (N-methyl/N-ethyl adjacent to an activating group) is 1. The third kappa shape index (κ3) is 4.70. The second kappa shape index (κ2) is 7.70. The van der Waals surface area contributed by atoms with Gasteiger partial charge in [0.25, 0.3) is 0 Å². The van der Waals surface area contributed by atoms with Crippen molar-refractivity contribution in [2.24, 2.45) is 0 Å². The lowest BCUT2D eigenvalue weighted by Crippen LogP contribution is -2.20. The van der Waals surface area contributed by atoms with Gasteiger partial charge in [0.05, 0.1) is 12.1 Å². The van der Waals surface area contributed by atoms with Gasteiger partial charge in [-0.05, 0) is 31.2 Å². The standard InChI is InChI=1S/C19H18F3N3O/c1-25(12-11-14-5-3-2-4-6-14)13-17-23-18(24-26-17)15-7-9-16(10-8-15)19(20,21)22/h2-10H,11-13H2,1H3. The highest BCUT2D eigenvalue weighted by Gasteiger charge is 2.30. The highest BCUT2D eigenvalue weighted by atomic mass is 19.4. The van der Waals surface area contributed by atoms with Crippen molar-refractivity contribution in [1.82, 2.24) is 15.0 Å². The Hall–Kier alpha value is -2.67. The molecule has 3 rings (SSSR count). The molecule has 26 heavy (non-hydrogen) atoms. The van der Waals surface area contributed by atoms with Gasteiger partial charge in [-0.2, -0.15) is 18.2 Å². The van der Waals surface area contributed by atoms with Gasteiger partial charge in [0, 0.05) is 12.1 Å². The fraction of sp³-hybridized carbons (Fsp3) is 0.263. The average molecular weight is 361 g/mol. The summed E-state index contributed by atoms with van der Waals surface area (Å²) in [6, 6.07) is 14.8. The van der Waals surface area contributed by atoms with Crippen LogP contribution >= 0.6 is 0 Å². The molecule has 0 saturated carbocycles. The highest BCUT2D eigenvalue weighted by Crippen LogP contribution is 2.30. The van der Waals surface area contributed by atoms with E-state index in [0.717, 1.165) is 25.1 Å². The van der Waals surface area contributed by atoms with E-state index in [0.29, 0.717) is 18.0 Å². The van der Waals surface area contributed by atoms with Crippen LogP contribution in [0, 0.1) is 0 Å². The lowest BCUT2D eigenvalue weighted by molar-refractivity contribution is -0.137. The number of alkyl halides is 3. The number of hydrogen-bond donors (Lipinski definition) is 0. The topological polar surface area (TPSA) is 42.2 Å². The van der Waals surface area contributed by atoms with Crippen LogP contribution in [0.4, 0.5) is 13.2 Å². The predicted octanol–water partition coefficient (Wildman–Crippen LogP) is 4.43. The zero-order chi connectivity index (χ0) is 18.6. The van der Waals surface area contributed by atoms with E-state index in [1.165, 1.54) is 17.7 Å². The maximum absolute atomic E-state index is 12.6. The monoisotopic (exact) mass is 361 g/mol. The summed E-state index contributed by atoms with van der Waals surface area (Å²) in [4.78, 5) is 6.32. The third-order valence-electron chi connectivity index (χ3n) is 3.97. The van der Waals surface area contributed by atoms with Gasteiger partial charge in [0.2, 0.25) is 11.7 Å². The van der Waals surface area contributed by atoms with Crippen molar-refractivity contribution >= 4 is 0 Å². The van der Waals surface area contributed by atoms with Gasteiger partial charge in [-0.3, -0.25) is 4.90 Å². The first-order valence-electron chi connectivity index (χ1n) is 8.14. The molecule has 0 spiro atoms.